The van der Waals surface area contributed by atoms with Gasteiger partial charge < -0.3 is 15.5 Å². The minimum absolute atomic E-state index is 0.235. The van der Waals surface area contributed by atoms with E-state index in [-0.39, 0.29) is 6.54 Å². The number of hydrogen-bond donors (Lipinski definition) is 4. The molecule has 7 nitrogen and oxygen atoms in total. The van der Waals surface area contributed by atoms with Crippen molar-refractivity contribution in [2.24, 2.45) is 5.92 Å². The van der Waals surface area contributed by atoms with Crippen LogP contribution in [0.25, 0.3) is 11.3 Å². The normalized spacial score (nSPS) is 21.1. The van der Waals surface area contributed by atoms with Crippen molar-refractivity contribution in [3.8, 4) is 11.3 Å². The van der Waals surface area contributed by atoms with E-state index >= 15 is 0 Å². The molecule has 1 fully saturated rings. The molecule has 0 aliphatic heterocycles. The van der Waals surface area contributed by atoms with Gasteiger partial charge in [0, 0.05) is 18.7 Å². The maximum Gasteiger partial charge on any atom is 0.490 e. The first kappa shape index (κ1) is 24.3. The number of carboxylic acid groups (broad SMARTS) is 2. The summed E-state index contributed by atoms with van der Waals surface area (Å²) in [4.78, 5) is 19.9. The van der Waals surface area contributed by atoms with E-state index < -0.39 is 29.7 Å². The van der Waals surface area contributed by atoms with Gasteiger partial charge in [-0.15, -0.1) is 0 Å². The van der Waals surface area contributed by atoms with Crippen molar-refractivity contribution in [1.82, 2.24) is 15.5 Å². The number of hydrogen-bond acceptors (Lipinski definition) is 4. The van der Waals surface area contributed by atoms with Crippen LogP contribution in [0.15, 0.2) is 36.5 Å². The van der Waals surface area contributed by atoms with Gasteiger partial charge in [0.15, 0.2) is 0 Å². The van der Waals surface area contributed by atoms with E-state index in [2.05, 4.69) is 15.5 Å². The van der Waals surface area contributed by atoms with Gasteiger partial charge in [-0.3, -0.25) is 9.89 Å². The van der Waals surface area contributed by atoms with Gasteiger partial charge in [-0.25, -0.2) is 9.18 Å². The molecule has 1 aromatic carbocycles. The lowest BCUT2D eigenvalue weighted by Gasteiger charge is -2.32. The molecular formula is C20H23F4N3O4. The Hall–Kier alpha value is -2.95. The van der Waals surface area contributed by atoms with Crippen molar-refractivity contribution in [3.05, 3.63) is 42.1 Å². The quantitative estimate of drug-likeness (QED) is 0.503. The number of alkyl halides is 4. The predicted molar refractivity (Wildman–Crippen MR) is 103 cm³/mol. The lowest BCUT2D eigenvalue weighted by atomic mass is 9.80. The average molecular weight is 445 g/mol. The van der Waals surface area contributed by atoms with Crippen LogP contribution < -0.4 is 5.32 Å². The number of carbonyl (C=O) groups is 2. The van der Waals surface area contributed by atoms with Crippen molar-refractivity contribution in [1.29, 1.82) is 0 Å². The van der Waals surface area contributed by atoms with Gasteiger partial charge in [-0.2, -0.15) is 18.3 Å². The van der Waals surface area contributed by atoms with E-state index in [1.807, 2.05) is 30.3 Å². The zero-order valence-electron chi connectivity index (χ0n) is 16.5. The van der Waals surface area contributed by atoms with Crippen LogP contribution in [0.4, 0.5) is 17.6 Å². The molecule has 0 spiro atoms. The van der Waals surface area contributed by atoms with Crippen molar-refractivity contribution >= 4 is 11.9 Å². The molecule has 170 valence electrons. The van der Waals surface area contributed by atoms with Gasteiger partial charge in [0.05, 0.1) is 17.8 Å². The van der Waals surface area contributed by atoms with E-state index in [4.69, 9.17) is 15.0 Å². The number of aromatic nitrogens is 2. The highest BCUT2D eigenvalue weighted by Gasteiger charge is 2.38. The number of rotatable bonds is 6. The Bertz CT molecular complexity index is 863. The second kappa shape index (κ2) is 10.4. The fraction of sp³-hybridized carbons (Fsp3) is 0.450. The summed E-state index contributed by atoms with van der Waals surface area (Å²) in [6.07, 6.45) is -1.91. The summed E-state index contributed by atoms with van der Waals surface area (Å²) in [5, 5.41) is 26.4. The van der Waals surface area contributed by atoms with Crippen molar-refractivity contribution in [3.63, 3.8) is 0 Å². The smallest absolute Gasteiger partial charge is 0.481 e. The van der Waals surface area contributed by atoms with Gasteiger partial charge >= 0.3 is 18.1 Å². The summed E-state index contributed by atoms with van der Waals surface area (Å²) >= 11 is 0. The number of aromatic amines is 1. The van der Waals surface area contributed by atoms with E-state index in [9.17, 15) is 22.4 Å². The third-order valence-corrected chi connectivity index (χ3v) is 5.01. The number of nitrogens with zero attached hydrogens (tertiary/aromatic N) is 1. The maximum absolute atomic E-state index is 14.8. The molecule has 0 atom stereocenters. The molecule has 0 amide bonds. The summed E-state index contributed by atoms with van der Waals surface area (Å²) in [5.41, 5.74) is 1.65. The summed E-state index contributed by atoms with van der Waals surface area (Å²) in [7, 11) is 0. The first-order valence-electron chi connectivity index (χ1n) is 9.52. The van der Waals surface area contributed by atoms with Crippen molar-refractivity contribution in [2.45, 2.75) is 44.1 Å². The van der Waals surface area contributed by atoms with Crippen LogP contribution in [0.1, 0.15) is 31.2 Å². The zero-order chi connectivity index (χ0) is 23.1. The molecule has 1 aliphatic carbocycles. The molecule has 2 aromatic rings. The first-order chi connectivity index (χ1) is 14.5. The van der Waals surface area contributed by atoms with E-state index in [0.29, 0.717) is 32.2 Å². The number of aliphatic carboxylic acids is 2. The Morgan fingerprint density at radius 3 is 2.26 bits per heavy atom. The Balaban J connectivity index is 0.000000423. The third kappa shape index (κ3) is 7.35. The summed E-state index contributed by atoms with van der Waals surface area (Å²) in [6, 6.07) is 9.88. The minimum Gasteiger partial charge on any atom is -0.481 e. The highest BCUT2D eigenvalue weighted by molar-refractivity contribution is 5.73. The molecular weight excluding hydrogens is 422 g/mol. The standard InChI is InChI=1S/C18H22FN3O2.C2HF3O2/c19-18(8-6-14(7-9-18)17(23)24)12-20-10-15-11-21-22-16(15)13-4-2-1-3-5-13;3-2(4,5)1(6)7/h1-5,11,14,20H,6-10,12H2,(H,21,22)(H,23,24);(H,6,7). The Morgan fingerprint density at radius 1 is 1.16 bits per heavy atom. The van der Waals surface area contributed by atoms with Crippen LogP contribution in [-0.4, -0.2) is 50.7 Å². The van der Waals surface area contributed by atoms with Crippen LogP contribution in [0, 0.1) is 5.92 Å². The zero-order valence-corrected chi connectivity index (χ0v) is 16.5. The lowest BCUT2D eigenvalue weighted by molar-refractivity contribution is -0.192. The Labute approximate surface area is 175 Å². The van der Waals surface area contributed by atoms with Crippen LogP contribution >= 0.6 is 0 Å². The van der Waals surface area contributed by atoms with Crippen LogP contribution in [0.3, 0.4) is 0 Å². The minimum atomic E-state index is -5.08. The number of H-pyrrole nitrogens is 1. The molecule has 1 aliphatic rings. The molecule has 0 saturated heterocycles. The van der Waals surface area contributed by atoms with E-state index in [0.717, 1.165) is 16.8 Å². The Morgan fingerprint density at radius 2 is 1.74 bits per heavy atom. The maximum atomic E-state index is 14.8. The molecule has 0 radical (unpaired) electrons. The van der Waals surface area contributed by atoms with E-state index in [1.54, 1.807) is 6.20 Å². The van der Waals surface area contributed by atoms with Gasteiger partial charge in [0.2, 0.25) is 0 Å². The number of nitrogens with one attached hydrogen (secondary N) is 2. The summed E-state index contributed by atoms with van der Waals surface area (Å²) in [5.74, 6) is -3.96. The topological polar surface area (TPSA) is 115 Å². The molecule has 1 aromatic heterocycles. The monoisotopic (exact) mass is 445 g/mol. The van der Waals surface area contributed by atoms with Crippen LogP contribution in [0.5, 0.6) is 0 Å². The van der Waals surface area contributed by atoms with Gasteiger partial charge in [-0.05, 0) is 31.2 Å². The largest absolute Gasteiger partial charge is 0.490 e. The number of halogens is 4. The van der Waals surface area contributed by atoms with Crippen molar-refractivity contribution < 1.29 is 37.4 Å². The molecule has 1 heterocycles. The van der Waals surface area contributed by atoms with Gasteiger partial charge in [-0.1, -0.05) is 30.3 Å². The first-order valence-corrected chi connectivity index (χ1v) is 9.52. The molecule has 4 N–H and O–H groups in total. The molecule has 0 bridgehead atoms. The van der Waals surface area contributed by atoms with Crippen molar-refractivity contribution in [2.75, 3.05) is 6.54 Å². The molecule has 0 unspecified atom stereocenters. The molecule has 1 saturated carbocycles. The fourth-order valence-electron chi connectivity index (χ4n) is 3.28. The molecule has 11 heteroatoms. The van der Waals surface area contributed by atoms with Crippen LogP contribution in [0.2, 0.25) is 0 Å². The number of benzene rings is 1. The average Bonchev–Trinajstić information content (AvgIpc) is 3.17. The summed E-state index contributed by atoms with van der Waals surface area (Å²) in [6.45, 7) is 0.757. The molecule has 31 heavy (non-hydrogen) atoms. The van der Waals surface area contributed by atoms with Crippen LogP contribution in [-0.2, 0) is 16.1 Å². The number of carboxylic acids is 2. The molecule has 3 rings (SSSR count). The SMILES string of the molecule is O=C(O)C(F)(F)F.O=C(O)C1CCC(F)(CNCc2cn[nH]c2-c2ccccc2)CC1. The van der Waals surface area contributed by atoms with Gasteiger partial charge in [0.25, 0.3) is 0 Å². The third-order valence-electron chi connectivity index (χ3n) is 5.01. The summed E-state index contributed by atoms with van der Waals surface area (Å²) < 4.78 is 46.5. The van der Waals surface area contributed by atoms with E-state index in [1.165, 1.54) is 0 Å². The lowest BCUT2D eigenvalue weighted by Crippen LogP contribution is -2.40. The highest BCUT2D eigenvalue weighted by Crippen LogP contribution is 2.35. The second-order valence-electron chi connectivity index (χ2n) is 7.31. The predicted octanol–water partition coefficient (Wildman–Crippen LogP) is 3.78. The fourth-order valence-corrected chi connectivity index (χ4v) is 3.28. The second-order valence-corrected chi connectivity index (χ2v) is 7.31. The van der Waals surface area contributed by atoms with Gasteiger partial charge in [0.1, 0.15) is 5.67 Å². The highest BCUT2D eigenvalue weighted by atomic mass is 19.4. The Kier molecular flexibility index (Phi) is 8.14.